The molecule has 2 atom stereocenters. The van der Waals surface area contributed by atoms with Gasteiger partial charge in [-0.1, -0.05) is 18.2 Å². The summed E-state index contributed by atoms with van der Waals surface area (Å²) in [6.07, 6.45) is 3.42. The van der Waals surface area contributed by atoms with Gasteiger partial charge in [-0.2, -0.15) is 10.2 Å². The van der Waals surface area contributed by atoms with E-state index in [1.165, 1.54) is 0 Å². The lowest BCUT2D eigenvalue weighted by Crippen LogP contribution is -2.20. The number of nitrogens with zero attached hydrogens (tertiary/aromatic N) is 2. The molecule has 2 unspecified atom stereocenters. The zero-order chi connectivity index (χ0) is 12.3. The summed E-state index contributed by atoms with van der Waals surface area (Å²) in [4.78, 5) is 0. The van der Waals surface area contributed by atoms with Gasteiger partial charge in [0.2, 0.25) is 0 Å². The fraction of sp³-hybridized carbons (Fsp3) is 0.333. The topological polar surface area (TPSA) is 54.9 Å². The van der Waals surface area contributed by atoms with E-state index in [9.17, 15) is 4.21 Å². The minimum Gasteiger partial charge on any atom is -0.382 e. The van der Waals surface area contributed by atoms with Crippen molar-refractivity contribution < 1.29 is 4.21 Å². The van der Waals surface area contributed by atoms with Crippen LogP contribution in [0.15, 0.2) is 30.5 Å². The Kier molecular flexibility index (Phi) is 3.68. The van der Waals surface area contributed by atoms with E-state index >= 15 is 0 Å². The van der Waals surface area contributed by atoms with Crippen LogP contribution in [-0.4, -0.2) is 32.5 Å². The number of nitrogens with one attached hydrogen (secondary N) is 1. The zero-order valence-electron chi connectivity index (χ0n) is 9.88. The Balaban J connectivity index is 2.21. The second-order valence-electron chi connectivity index (χ2n) is 3.97. The number of aromatic nitrogens is 2. The average molecular weight is 249 g/mol. The van der Waals surface area contributed by atoms with Gasteiger partial charge in [-0.25, -0.2) is 0 Å². The number of hydrogen-bond donors (Lipinski definition) is 1. The predicted molar refractivity (Wildman–Crippen MR) is 71.6 cm³/mol. The van der Waals surface area contributed by atoms with Crippen LogP contribution in [0.4, 0.5) is 5.69 Å². The lowest BCUT2D eigenvalue weighted by molar-refractivity contribution is 0.679. The third-order valence-electron chi connectivity index (χ3n) is 2.69. The molecule has 2 aromatic rings. The van der Waals surface area contributed by atoms with Crippen LogP contribution in [-0.2, 0) is 10.8 Å². The van der Waals surface area contributed by atoms with E-state index in [0.29, 0.717) is 6.54 Å². The van der Waals surface area contributed by atoms with Crippen LogP contribution in [0, 0.1) is 0 Å². The highest BCUT2D eigenvalue weighted by atomic mass is 32.2. The van der Waals surface area contributed by atoms with Crippen molar-refractivity contribution in [2.24, 2.45) is 0 Å². The molecule has 1 aromatic heterocycles. The van der Waals surface area contributed by atoms with Crippen molar-refractivity contribution in [2.75, 3.05) is 18.1 Å². The number of hydrogen-bond acceptors (Lipinski definition) is 4. The van der Waals surface area contributed by atoms with Crippen molar-refractivity contribution in [3.63, 3.8) is 0 Å². The van der Waals surface area contributed by atoms with Gasteiger partial charge in [0.25, 0.3) is 0 Å². The first kappa shape index (κ1) is 12.0. The summed E-state index contributed by atoms with van der Waals surface area (Å²) in [7, 11) is -0.816. The SMILES string of the molecule is CC(CNc1cnnc2ccccc12)S(C)=O. The molecule has 0 saturated carbocycles. The molecule has 0 aliphatic rings. The van der Waals surface area contributed by atoms with Crippen LogP contribution in [0.5, 0.6) is 0 Å². The van der Waals surface area contributed by atoms with E-state index in [1.807, 2.05) is 31.2 Å². The second-order valence-corrected chi connectivity index (χ2v) is 5.77. The van der Waals surface area contributed by atoms with Gasteiger partial charge < -0.3 is 5.32 Å². The van der Waals surface area contributed by atoms with Crippen LogP contribution < -0.4 is 5.32 Å². The molecular formula is C12H15N3OS. The van der Waals surface area contributed by atoms with Crippen molar-refractivity contribution in [3.05, 3.63) is 30.5 Å². The number of benzene rings is 1. The molecule has 0 aliphatic carbocycles. The summed E-state index contributed by atoms with van der Waals surface area (Å²) in [5.74, 6) is 0. The molecule has 0 spiro atoms. The third-order valence-corrected chi connectivity index (χ3v) is 3.99. The summed E-state index contributed by atoms with van der Waals surface area (Å²) in [6.45, 7) is 2.62. The smallest absolute Gasteiger partial charge is 0.0950 e. The molecule has 5 heteroatoms. The Morgan fingerprint density at radius 3 is 2.94 bits per heavy atom. The van der Waals surface area contributed by atoms with Crippen LogP contribution in [0.3, 0.4) is 0 Å². The maximum atomic E-state index is 11.3. The quantitative estimate of drug-likeness (QED) is 0.898. The highest BCUT2D eigenvalue weighted by Crippen LogP contribution is 2.19. The van der Waals surface area contributed by atoms with E-state index < -0.39 is 10.8 Å². The van der Waals surface area contributed by atoms with Gasteiger partial charge >= 0.3 is 0 Å². The molecule has 17 heavy (non-hydrogen) atoms. The second kappa shape index (κ2) is 5.23. The van der Waals surface area contributed by atoms with Gasteiger partial charge in [-0.05, 0) is 13.0 Å². The van der Waals surface area contributed by atoms with Crippen molar-refractivity contribution in [1.82, 2.24) is 10.2 Å². The lowest BCUT2D eigenvalue weighted by Gasteiger charge is -2.12. The summed E-state index contributed by atoms with van der Waals surface area (Å²) in [5, 5.41) is 12.4. The average Bonchev–Trinajstić information content (AvgIpc) is 2.35. The molecular weight excluding hydrogens is 234 g/mol. The predicted octanol–water partition coefficient (Wildman–Crippen LogP) is 1.81. The maximum Gasteiger partial charge on any atom is 0.0950 e. The molecule has 1 aromatic carbocycles. The monoisotopic (exact) mass is 249 g/mol. The van der Waals surface area contributed by atoms with E-state index in [2.05, 4.69) is 15.5 Å². The van der Waals surface area contributed by atoms with Crippen LogP contribution >= 0.6 is 0 Å². The lowest BCUT2D eigenvalue weighted by atomic mass is 10.2. The normalized spacial score (nSPS) is 14.5. The third kappa shape index (κ3) is 2.79. The summed E-state index contributed by atoms with van der Waals surface area (Å²) in [6, 6.07) is 7.83. The van der Waals surface area contributed by atoms with Gasteiger partial charge in [0.15, 0.2) is 0 Å². The first-order valence-electron chi connectivity index (χ1n) is 5.45. The molecule has 0 radical (unpaired) electrons. The molecule has 90 valence electrons. The molecule has 2 rings (SSSR count). The summed E-state index contributed by atoms with van der Waals surface area (Å²) in [5.41, 5.74) is 1.80. The van der Waals surface area contributed by atoms with Gasteiger partial charge in [-0.15, -0.1) is 0 Å². The fourth-order valence-electron chi connectivity index (χ4n) is 1.52. The summed E-state index contributed by atoms with van der Waals surface area (Å²) >= 11 is 0. The Labute approximate surface area is 103 Å². The first-order chi connectivity index (χ1) is 8.18. The highest BCUT2D eigenvalue weighted by molar-refractivity contribution is 7.84. The molecule has 1 heterocycles. The fourth-order valence-corrected chi connectivity index (χ4v) is 1.84. The van der Waals surface area contributed by atoms with E-state index in [1.54, 1.807) is 12.5 Å². The van der Waals surface area contributed by atoms with Crippen molar-refractivity contribution in [3.8, 4) is 0 Å². The molecule has 1 N–H and O–H groups in total. The number of rotatable bonds is 4. The molecule has 0 saturated heterocycles. The Hall–Kier alpha value is -1.49. The van der Waals surface area contributed by atoms with E-state index in [0.717, 1.165) is 16.6 Å². The Morgan fingerprint density at radius 1 is 1.41 bits per heavy atom. The minimum absolute atomic E-state index is 0.113. The molecule has 4 nitrogen and oxygen atoms in total. The zero-order valence-corrected chi connectivity index (χ0v) is 10.7. The molecule has 0 fully saturated rings. The number of fused-ring (bicyclic) bond motifs is 1. The largest absolute Gasteiger partial charge is 0.382 e. The van der Waals surface area contributed by atoms with Crippen LogP contribution in [0.2, 0.25) is 0 Å². The van der Waals surface area contributed by atoms with Gasteiger partial charge in [0.05, 0.1) is 17.4 Å². The maximum absolute atomic E-state index is 11.3. The van der Waals surface area contributed by atoms with Gasteiger partial charge in [0, 0.05) is 34.2 Å². The van der Waals surface area contributed by atoms with Crippen LogP contribution in [0.25, 0.3) is 10.9 Å². The minimum atomic E-state index is -0.816. The van der Waals surface area contributed by atoms with Crippen LogP contribution in [0.1, 0.15) is 6.92 Å². The summed E-state index contributed by atoms with van der Waals surface area (Å²) < 4.78 is 11.3. The van der Waals surface area contributed by atoms with Gasteiger partial charge in [-0.3, -0.25) is 4.21 Å². The van der Waals surface area contributed by atoms with Crippen molar-refractivity contribution in [1.29, 1.82) is 0 Å². The Bertz CT molecular complexity index is 539. The number of anilines is 1. The standard InChI is InChI=1S/C12H15N3OS/c1-9(17(2)16)7-13-12-8-14-15-11-6-4-3-5-10(11)12/h3-6,8-9H,7H2,1-2H3,(H,13,15). The van der Waals surface area contributed by atoms with Crippen molar-refractivity contribution in [2.45, 2.75) is 12.2 Å². The molecule has 0 bridgehead atoms. The highest BCUT2D eigenvalue weighted by Gasteiger charge is 2.07. The molecule has 0 amide bonds. The van der Waals surface area contributed by atoms with Crippen molar-refractivity contribution >= 4 is 27.4 Å². The molecule has 0 aliphatic heterocycles. The Morgan fingerprint density at radius 2 is 2.18 bits per heavy atom. The van der Waals surface area contributed by atoms with E-state index in [4.69, 9.17) is 0 Å². The van der Waals surface area contributed by atoms with Gasteiger partial charge in [0.1, 0.15) is 0 Å². The first-order valence-corrected chi connectivity index (χ1v) is 7.07. The van der Waals surface area contributed by atoms with E-state index in [-0.39, 0.29) is 5.25 Å².